The lowest BCUT2D eigenvalue weighted by molar-refractivity contribution is -0.137. The number of benzene rings is 2. The van der Waals surface area contributed by atoms with Gasteiger partial charge in [-0.2, -0.15) is 13.2 Å². The molecule has 0 unspecified atom stereocenters. The van der Waals surface area contributed by atoms with Gasteiger partial charge < -0.3 is 14.6 Å². The van der Waals surface area contributed by atoms with E-state index in [1.54, 1.807) is 37.2 Å². The van der Waals surface area contributed by atoms with Gasteiger partial charge in [-0.1, -0.05) is 18.2 Å². The molecule has 6 nitrogen and oxygen atoms in total. The first-order chi connectivity index (χ1) is 14.5. The fraction of sp³-hybridized carbons (Fsp3) is 0.190. The van der Waals surface area contributed by atoms with Gasteiger partial charge in [0, 0.05) is 14.1 Å². The van der Waals surface area contributed by atoms with Crippen LogP contribution >= 0.6 is 0 Å². The van der Waals surface area contributed by atoms with Crippen molar-refractivity contribution in [1.29, 1.82) is 0 Å². The standard InChI is InChI=1S/C21H19F3N2O4S/c1-26(2)18-10-8-14(21(22,23)24)12-17(18)25-20(27)19-11-9-15(30-19)13-31(28,29)16-6-4-3-5-7-16/h3-12H,13H2,1-2H3,(H,25,27). The minimum atomic E-state index is -4.58. The van der Waals surface area contributed by atoms with Crippen LogP contribution in [0.1, 0.15) is 21.9 Å². The van der Waals surface area contributed by atoms with E-state index in [9.17, 15) is 26.4 Å². The van der Waals surface area contributed by atoms with Crippen LogP contribution in [0.3, 0.4) is 0 Å². The molecule has 164 valence electrons. The maximum atomic E-state index is 13.1. The van der Waals surface area contributed by atoms with Crippen LogP contribution in [0.2, 0.25) is 0 Å². The molecule has 3 rings (SSSR count). The highest BCUT2D eigenvalue weighted by Crippen LogP contribution is 2.35. The van der Waals surface area contributed by atoms with E-state index in [1.165, 1.54) is 30.3 Å². The van der Waals surface area contributed by atoms with Gasteiger partial charge in [0.25, 0.3) is 5.91 Å². The third kappa shape index (κ3) is 5.26. The lowest BCUT2D eigenvalue weighted by Gasteiger charge is -2.19. The summed E-state index contributed by atoms with van der Waals surface area (Å²) in [7, 11) is -0.436. The summed E-state index contributed by atoms with van der Waals surface area (Å²) in [5.41, 5.74) is -0.609. The Kier molecular flexibility index (Phi) is 6.12. The van der Waals surface area contributed by atoms with Crippen molar-refractivity contribution in [3.05, 3.63) is 77.7 Å². The molecule has 0 radical (unpaired) electrons. The van der Waals surface area contributed by atoms with Crippen molar-refractivity contribution in [2.45, 2.75) is 16.8 Å². The second-order valence-electron chi connectivity index (χ2n) is 6.92. The lowest BCUT2D eigenvalue weighted by Crippen LogP contribution is -2.17. The number of rotatable bonds is 6. The van der Waals surface area contributed by atoms with Gasteiger partial charge in [0.2, 0.25) is 0 Å². The Labute approximate surface area is 177 Å². The van der Waals surface area contributed by atoms with Crippen molar-refractivity contribution in [2.24, 2.45) is 0 Å². The molecule has 0 bridgehead atoms. The van der Waals surface area contributed by atoms with Crippen molar-refractivity contribution in [2.75, 3.05) is 24.3 Å². The Bertz CT molecular complexity index is 1190. The van der Waals surface area contributed by atoms with Gasteiger partial charge in [0.15, 0.2) is 15.6 Å². The summed E-state index contributed by atoms with van der Waals surface area (Å²) in [6, 6.07) is 13.4. The van der Waals surface area contributed by atoms with E-state index in [2.05, 4.69) is 5.32 Å². The predicted octanol–water partition coefficient (Wildman–Crippen LogP) is 4.59. The fourth-order valence-electron chi connectivity index (χ4n) is 2.86. The Morgan fingerprint density at radius 1 is 1.03 bits per heavy atom. The van der Waals surface area contributed by atoms with E-state index in [-0.39, 0.29) is 22.1 Å². The highest BCUT2D eigenvalue weighted by Gasteiger charge is 2.31. The van der Waals surface area contributed by atoms with Gasteiger partial charge in [-0.15, -0.1) is 0 Å². The normalized spacial score (nSPS) is 11.9. The molecule has 0 spiro atoms. The summed E-state index contributed by atoms with van der Waals surface area (Å²) in [6.07, 6.45) is -4.58. The van der Waals surface area contributed by atoms with Gasteiger partial charge >= 0.3 is 6.18 Å². The zero-order valence-electron chi connectivity index (χ0n) is 16.6. The van der Waals surface area contributed by atoms with Crippen molar-refractivity contribution in [3.8, 4) is 0 Å². The Morgan fingerprint density at radius 2 is 1.71 bits per heavy atom. The van der Waals surface area contributed by atoms with Gasteiger partial charge in [0.05, 0.1) is 21.8 Å². The number of furan rings is 1. The van der Waals surface area contributed by atoms with Crippen molar-refractivity contribution < 1.29 is 30.8 Å². The number of nitrogens with zero attached hydrogens (tertiary/aromatic N) is 1. The molecule has 1 heterocycles. The number of nitrogens with one attached hydrogen (secondary N) is 1. The van der Waals surface area contributed by atoms with E-state index < -0.39 is 33.2 Å². The number of alkyl halides is 3. The topological polar surface area (TPSA) is 79.6 Å². The number of anilines is 2. The maximum absolute atomic E-state index is 13.1. The van der Waals surface area contributed by atoms with Crippen LogP contribution in [0.5, 0.6) is 0 Å². The molecule has 2 aromatic carbocycles. The van der Waals surface area contributed by atoms with Crippen LogP contribution in [-0.4, -0.2) is 28.4 Å². The molecule has 1 amide bonds. The molecule has 1 N–H and O–H groups in total. The molecule has 0 fully saturated rings. The molecule has 0 saturated carbocycles. The molecule has 31 heavy (non-hydrogen) atoms. The summed E-state index contributed by atoms with van der Waals surface area (Å²) < 4.78 is 69.4. The first-order valence-corrected chi connectivity index (χ1v) is 10.7. The number of carbonyl (C=O) groups is 1. The van der Waals surface area contributed by atoms with Crippen LogP contribution in [-0.2, 0) is 21.8 Å². The van der Waals surface area contributed by atoms with Gasteiger partial charge in [-0.25, -0.2) is 8.42 Å². The third-order valence-corrected chi connectivity index (χ3v) is 6.03. The Morgan fingerprint density at radius 3 is 2.32 bits per heavy atom. The third-order valence-electron chi connectivity index (χ3n) is 4.37. The quantitative estimate of drug-likeness (QED) is 0.592. The first kappa shape index (κ1) is 22.4. The molecular weight excluding hydrogens is 433 g/mol. The van der Waals surface area contributed by atoms with Crippen LogP contribution < -0.4 is 10.2 Å². The van der Waals surface area contributed by atoms with Crippen LogP contribution in [0, 0.1) is 0 Å². The SMILES string of the molecule is CN(C)c1ccc(C(F)(F)F)cc1NC(=O)c1ccc(CS(=O)(=O)c2ccccc2)o1. The number of hydrogen-bond donors (Lipinski definition) is 1. The van der Waals surface area contributed by atoms with Crippen molar-refractivity contribution in [1.82, 2.24) is 0 Å². The van der Waals surface area contributed by atoms with E-state index in [4.69, 9.17) is 4.42 Å². The second-order valence-corrected chi connectivity index (χ2v) is 8.91. The van der Waals surface area contributed by atoms with E-state index in [0.29, 0.717) is 5.69 Å². The van der Waals surface area contributed by atoms with Crippen LogP contribution in [0.15, 0.2) is 70.0 Å². The molecule has 10 heteroatoms. The summed E-state index contributed by atoms with van der Waals surface area (Å²) in [4.78, 5) is 14.2. The Balaban J connectivity index is 1.82. The zero-order chi connectivity index (χ0) is 22.8. The number of carbonyl (C=O) groups excluding carboxylic acids is 1. The minimum absolute atomic E-state index is 0.0332. The fourth-order valence-corrected chi connectivity index (χ4v) is 4.13. The van der Waals surface area contributed by atoms with Crippen LogP contribution in [0.25, 0.3) is 0 Å². The molecule has 3 aromatic rings. The number of hydrogen-bond acceptors (Lipinski definition) is 5. The van der Waals surface area contributed by atoms with E-state index >= 15 is 0 Å². The maximum Gasteiger partial charge on any atom is 0.416 e. The van der Waals surface area contributed by atoms with Gasteiger partial charge in [-0.05, 0) is 42.5 Å². The number of sulfone groups is 1. The smallest absolute Gasteiger partial charge is 0.416 e. The summed E-state index contributed by atoms with van der Waals surface area (Å²) in [5, 5.41) is 2.40. The largest absolute Gasteiger partial charge is 0.455 e. The Hall–Kier alpha value is -3.27. The van der Waals surface area contributed by atoms with E-state index in [1.807, 2.05) is 0 Å². The molecule has 0 atom stereocenters. The highest BCUT2D eigenvalue weighted by atomic mass is 32.2. The zero-order valence-corrected chi connectivity index (χ0v) is 17.4. The van der Waals surface area contributed by atoms with E-state index in [0.717, 1.165) is 12.1 Å². The van der Waals surface area contributed by atoms with Crippen molar-refractivity contribution in [3.63, 3.8) is 0 Å². The minimum Gasteiger partial charge on any atom is -0.455 e. The van der Waals surface area contributed by atoms with Crippen molar-refractivity contribution >= 4 is 27.1 Å². The van der Waals surface area contributed by atoms with Gasteiger partial charge in [-0.3, -0.25) is 4.79 Å². The van der Waals surface area contributed by atoms with Gasteiger partial charge in [0.1, 0.15) is 11.5 Å². The molecule has 0 saturated heterocycles. The average molecular weight is 452 g/mol. The molecule has 0 aliphatic heterocycles. The average Bonchev–Trinajstić information content (AvgIpc) is 3.15. The second kappa shape index (κ2) is 8.46. The lowest BCUT2D eigenvalue weighted by atomic mass is 10.1. The highest BCUT2D eigenvalue weighted by molar-refractivity contribution is 7.90. The first-order valence-electron chi connectivity index (χ1n) is 9.04. The molecule has 1 aromatic heterocycles. The summed E-state index contributed by atoms with van der Waals surface area (Å²) in [5.74, 6) is -1.45. The molecule has 0 aliphatic rings. The monoisotopic (exact) mass is 452 g/mol. The molecular formula is C21H19F3N2O4S. The summed E-state index contributed by atoms with van der Waals surface area (Å²) in [6.45, 7) is 0. The molecule has 0 aliphatic carbocycles. The number of amides is 1. The predicted molar refractivity (Wildman–Crippen MR) is 110 cm³/mol. The summed E-state index contributed by atoms with van der Waals surface area (Å²) >= 11 is 0. The number of halogens is 3. The van der Waals surface area contributed by atoms with Crippen LogP contribution in [0.4, 0.5) is 24.5 Å².